The second kappa shape index (κ2) is 8.63. The largest absolute Gasteiger partial charge is 0.507 e. The van der Waals surface area contributed by atoms with Gasteiger partial charge in [-0.1, -0.05) is 18.2 Å². The number of halogens is 1. The van der Waals surface area contributed by atoms with Crippen LogP contribution in [-0.2, 0) is 16.1 Å². The minimum Gasteiger partial charge on any atom is -0.507 e. The van der Waals surface area contributed by atoms with Gasteiger partial charge in [0.25, 0.3) is 11.7 Å². The molecule has 4 rings (SSSR count). The lowest BCUT2D eigenvalue weighted by Crippen LogP contribution is -2.29. The Morgan fingerprint density at radius 1 is 1.16 bits per heavy atom. The minimum absolute atomic E-state index is 0.0428. The number of amides is 1. The first-order valence-electron chi connectivity index (χ1n) is 9.98. The highest BCUT2D eigenvalue weighted by atomic mass is 19.1. The number of pyridine rings is 1. The Balaban J connectivity index is 1.87. The molecule has 2 aromatic carbocycles. The molecule has 0 saturated carbocycles. The Morgan fingerprint density at radius 3 is 2.53 bits per heavy atom. The Kier molecular flexibility index (Phi) is 5.73. The molecule has 1 aliphatic rings. The number of ether oxygens (including phenoxy) is 1. The van der Waals surface area contributed by atoms with E-state index in [0.717, 1.165) is 5.56 Å². The zero-order valence-electron chi connectivity index (χ0n) is 17.6. The number of likely N-dealkylation sites (tertiary alicyclic amines) is 1. The van der Waals surface area contributed by atoms with Crippen LogP contribution in [0, 0.1) is 12.7 Å². The smallest absolute Gasteiger partial charge is 0.295 e. The van der Waals surface area contributed by atoms with Crippen molar-refractivity contribution in [1.82, 2.24) is 9.88 Å². The Morgan fingerprint density at radius 2 is 1.91 bits per heavy atom. The number of ketones is 1. The van der Waals surface area contributed by atoms with Gasteiger partial charge in [0.05, 0.1) is 18.7 Å². The normalized spacial score (nSPS) is 17.6. The van der Waals surface area contributed by atoms with E-state index in [9.17, 15) is 19.1 Å². The topological polar surface area (TPSA) is 79.7 Å². The number of Topliss-reactive ketones (excluding diaryl/α,β-unsaturated/α-hetero) is 1. The van der Waals surface area contributed by atoms with Crippen LogP contribution in [0.15, 0.2) is 72.6 Å². The number of rotatable bonds is 5. The first-order chi connectivity index (χ1) is 15.4. The number of carbonyl (C=O) groups excluding carboxylic acids is 2. The van der Waals surface area contributed by atoms with Gasteiger partial charge in [-0.25, -0.2) is 4.39 Å². The molecule has 1 N–H and O–H groups in total. The van der Waals surface area contributed by atoms with E-state index in [2.05, 4.69) is 4.98 Å². The predicted molar refractivity (Wildman–Crippen MR) is 116 cm³/mol. The van der Waals surface area contributed by atoms with Gasteiger partial charge in [-0.3, -0.25) is 14.6 Å². The lowest BCUT2D eigenvalue weighted by Gasteiger charge is -2.25. The number of methoxy groups -OCH3 is 1. The van der Waals surface area contributed by atoms with Crippen LogP contribution in [0.25, 0.3) is 5.76 Å². The van der Waals surface area contributed by atoms with Gasteiger partial charge in [0.2, 0.25) is 0 Å². The van der Waals surface area contributed by atoms with Crippen LogP contribution >= 0.6 is 0 Å². The van der Waals surface area contributed by atoms with Crippen LogP contribution < -0.4 is 4.74 Å². The summed E-state index contributed by atoms with van der Waals surface area (Å²) in [5.41, 5.74) is 2.29. The number of hydrogen-bond acceptors (Lipinski definition) is 5. The molecule has 2 heterocycles. The minimum atomic E-state index is -0.877. The summed E-state index contributed by atoms with van der Waals surface area (Å²) >= 11 is 0. The van der Waals surface area contributed by atoms with Crippen LogP contribution in [0.5, 0.6) is 5.75 Å². The van der Waals surface area contributed by atoms with Gasteiger partial charge >= 0.3 is 0 Å². The van der Waals surface area contributed by atoms with Gasteiger partial charge in [0.1, 0.15) is 17.3 Å². The number of aryl methyl sites for hydroxylation is 1. The molecule has 32 heavy (non-hydrogen) atoms. The molecule has 1 amide bonds. The number of carbonyl (C=O) groups is 2. The standard InChI is InChI=1S/C25H21FN2O4/c1-15-12-19(32-2)9-10-20(15)23(29)21-22(17-5-7-18(26)8-6-17)28(25(31)24(21)30)14-16-4-3-11-27-13-16/h3-13,22,29H,14H2,1-2H3/b23-21-. The number of aliphatic hydroxyl groups excluding tert-OH is 1. The maximum absolute atomic E-state index is 13.6. The quantitative estimate of drug-likeness (QED) is 0.372. The number of aromatic nitrogens is 1. The maximum atomic E-state index is 13.6. The molecule has 1 atom stereocenters. The SMILES string of the molecule is COc1ccc(/C(O)=C2/C(=O)C(=O)N(Cc3cccnc3)C2c2ccc(F)cc2)c(C)c1. The molecule has 0 aliphatic carbocycles. The molecule has 7 heteroatoms. The summed E-state index contributed by atoms with van der Waals surface area (Å²) < 4.78 is 18.8. The van der Waals surface area contributed by atoms with Gasteiger partial charge in [-0.05, 0) is 60.0 Å². The van der Waals surface area contributed by atoms with E-state index in [-0.39, 0.29) is 17.9 Å². The maximum Gasteiger partial charge on any atom is 0.295 e. The fourth-order valence-corrected chi connectivity index (χ4v) is 3.90. The van der Waals surface area contributed by atoms with Crippen molar-refractivity contribution in [1.29, 1.82) is 0 Å². The molecule has 162 valence electrons. The van der Waals surface area contributed by atoms with Crippen molar-refractivity contribution in [3.8, 4) is 5.75 Å². The molecule has 0 radical (unpaired) electrons. The highest BCUT2D eigenvalue weighted by Gasteiger charge is 2.46. The van der Waals surface area contributed by atoms with E-state index in [0.29, 0.717) is 22.4 Å². The van der Waals surface area contributed by atoms with Crippen molar-refractivity contribution >= 4 is 17.4 Å². The molecule has 1 unspecified atom stereocenters. The van der Waals surface area contributed by atoms with Gasteiger partial charge in [0.15, 0.2) is 0 Å². The van der Waals surface area contributed by atoms with Crippen LogP contribution in [0.1, 0.15) is 28.3 Å². The van der Waals surface area contributed by atoms with E-state index < -0.39 is 23.5 Å². The molecular weight excluding hydrogens is 411 g/mol. The van der Waals surface area contributed by atoms with E-state index in [4.69, 9.17) is 4.74 Å². The van der Waals surface area contributed by atoms with Crippen LogP contribution in [-0.4, -0.2) is 33.8 Å². The van der Waals surface area contributed by atoms with Crippen molar-refractivity contribution in [2.24, 2.45) is 0 Å². The lowest BCUT2D eigenvalue weighted by molar-refractivity contribution is -0.140. The predicted octanol–water partition coefficient (Wildman–Crippen LogP) is 4.16. The van der Waals surface area contributed by atoms with E-state index in [1.54, 1.807) is 49.6 Å². The van der Waals surface area contributed by atoms with E-state index in [1.807, 2.05) is 0 Å². The van der Waals surface area contributed by atoms with E-state index >= 15 is 0 Å². The third-order valence-electron chi connectivity index (χ3n) is 5.49. The molecule has 6 nitrogen and oxygen atoms in total. The Bertz CT molecular complexity index is 1210. The third-order valence-corrected chi connectivity index (χ3v) is 5.49. The molecular formula is C25H21FN2O4. The highest BCUT2D eigenvalue weighted by Crippen LogP contribution is 2.41. The van der Waals surface area contributed by atoms with Crippen molar-refractivity contribution in [3.05, 3.63) is 101 Å². The molecule has 0 bridgehead atoms. The fraction of sp³-hybridized carbons (Fsp3) is 0.160. The van der Waals surface area contributed by atoms with Gasteiger partial charge in [-0.15, -0.1) is 0 Å². The van der Waals surface area contributed by atoms with Crippen LogP contribution in [0.4, 0.5) is 4.39 Å². The van der Waals surface area contributed by atoms with Gasteiger partial charge in [0, 0.05) is 24.5 Å². The summed E-state index contributed by atoms with van der Waals surface area (Å²) in [6.45, 7) is 1.88. The summed E-state index contributed by atoms with van der Waals surface area (Å²) in [6, 6.07) is 13.2. The zero-order chi connectivity index (χ0) is 22.8. The van der Waals surface area contributed by atoms with Crippen molar-refractivity contribution in [2.75, 3.05) is 7.11 Å². The van der Waals surface area contributed by atoms with Gasteiger partial charge < -0.3 is 14.7 Å². The third kappa shape index (κ3) is 3.85. The van der Waals surface area contributed by atoms with Crippen molar-refractivity contribution < 1.29 is 23.8 Å². The van der Waals surface area contributed by atoms with Crippen LogP contribution in [0.2, 0.25) is 0 Å². The second-order valence-electron chi connectivity index (χ2n) is 7.52. The first-order valence-corrected chi connectivity index (χ1v) is 9.98. The average Bonchev–Trinajstić information content (AvgIpc) is 3.04. The lowest BCUT2D eigenvalue weighted by atomic mass is 9.93. The highest BCUT2D eigenvalue weighted by molar-refractivity contribution is 6.46. The average molecular weight is 432 g/mol. The Labute approximate surface area is 184 Å². The van der Waals surface area contributed by atoms with Crippen molar-refractivity contribution in [3.63, 3.8) is 0 Å². The number of aliphatic hydroxyl groups is 1. The number of hydrogen-bond donors (Lipinski definition) is 1. The number of nitrogens with zero attached hydrogens (tertiary/aromatic N) is 2. The summed E-state index contributed by atoms with van der Waals surface area (Å²) in [7, 11) is 1.53. The van der Waals surface area contributed by atoms with E-state index in [1.165, 1.54) is 36.3 Å². The first kappa shape index (κ1) is 21.2. The summed E-state index contributed by atoms with van der Waals surface area (Å²) in [6.07, 6.45) is 3.22. The zero-order valence-corrected chi connectivity index (χ0v) is 17.6. The fourth-order valence-electron chi connectivity index (χ4n) is 3.90. The van der Waals surface area contributed by atoms with Crippen molar-refractivity contribution in [2.45, 2.75) is 19.5 Å². The molecule has 1 aliphatic heterocycles. The summed E-state index contributed by atoms with van der Waals surface area (Å²) in [5.74, 6) is -1.66. The number of benzene rings is 2. The summed E-state index contributed by atoms with van der Waals surface area (Å²) in [4.78, 5) is 31.5. The Hall–Kier alpha value is -4.00. The summed E-state index contributed by atoms with van der Waals surface area (Å²) in [5, 5.41) is 11.2. The molecule has 3 aromatic rings. The van der Waals surface area contributed by atoms with Gasteiger partial charge in [-0.2, -0.15) is 0 Å². The second-order valence-corrected chi connectivity index (χ2v) is 7.52. The molecule has 0 spiro atoms. The molecule has 1 aromatic heterocycles. The monoisotopic (exact) mass is 432 g/mol. The molecule has 1 fully saturated rings. The molecule has 1 saturated heterocycles. The van der Waals surface area contributed by atoms with Crippen LogP contribution in [0.3, 0.4) is 0 Å².